The molecule has 2 aromatic heterocycles. The quantitative estimate of drug-likeness (QED) is 0.290. The van der Waals surface area contributed by atoms with E-state index in [9.17, 15) is 13.2 Å². The molecule has 0 unspecified atom stereocenters. The van der Waals surface area contributed by atoms with Gasteiger partial charge in [0, 0.05) is 17.6 Å². The zero-order valence-electron chi connectivity index (χ0n) is 21.2. The maximum Gasteiger partial charge on any atom is 0.263 e. The van der Waals surface area contributed by atoms with Crippen LogP contribution in [0, 0.1) is 13.5 Å². The molecule has 0 bridgehead atoms. The monoisotopic (exact) mass is 536 g/mol. The van der Waals surface area contributed by atoms with Crippen molar-refractivity contribution in [3.8, 4) is 16.8 Å². The first-order valence-corrected chi connectivity index (χ1v) is 13.6. The fourth-order valence-electron chi connectivity index (χ4n) is 4.54. The van der Waals surface area contributed by atoms with Gasteiger partial charge in [-0.2, -0.15) is 0 Å². The van der Waals surface area contributed by atoms with E-state index in [4.69, 9.17) is 11.7 Å². The summed E-state index contributed by atoms with van der Waals surface area (Å²) >= 11 is 0. The third kappa shape index (κ3) is 5.01. The van der Waals surface area contributed by atoms with E-state index < -0.39 is 16.1 Å². The van der Waals surface area contributed by atoms with E-state index >= 15 is 0 Å². The number of primary sulfonamides is 1. The SMILES string of the molecule is [C-]#[N+]c1cnc(C)nc1N[C@@H](C)c1cc2cccc(-c3ccc(S(N)(=O)=O)cc3)c2c(=O)n1-c1ccccc1. The largest absolute Gasteiger partial charge is 0.371 e. The van der Waals surface area contributed by atoms with Crippen LogP contribution < -0.4 is 16.0 Å². The summed E-state index contributed by atoms with van der Waals surface area (Å²) in [6.07, 6.45) is 1.47. The van der Waals surface area contributed by atoms with E-state index in [1.165, 1.54) is 18.3 Å². The number of nitrogens with zero attached hydrogens (tertiary/aromatic N) is 4. The lowest BCUT2D eigenvalue weighted by Gasteiger charge is -2.22. The number of para-hydroxylation sites is 1. The summed E-state index contributed by atoms with van der Waals surface area (Å²) in [7, 11) is -3.84. The molecular weight excluding hydrogens is 512 g/mol. The smallest absolute Gasteiger partial charge is 0.263 e. The van der Waals surface area contributed by atoms with Gasteiger partial charge in [0.25, 0.3) is 5.56 Å². The molecule has 0 aliphatic rings. The van der Waals surface area contributed by atoms with Crippen molar-refractivity contribution >= 4 is 32.3 Å². The highest BCUT2D eigenvalue weighted by Crippen LogP contribution is 2.32. The van der Waals surface area contributed by atoms with Gasteiger partial charge in [-0.1, -0.05) is 48.5 Å². The van der Waals surface area contributed by atoms with Crippen molar-refractivity contribution < 1.29 is 8.42 Å². The predicted octanol–water partition coefficient (Wildman–Crippen LogP) is 5.13. The average molecular weight is 537 g/mol. The number of fused-ring (bicyclic) bond motifs is 1. The fraction of sp³-hybridized carbons (Fsp3) is 0.103. The van der Waals surface area contributed by atoms with Crippen molar-refractivity contribution in [1.29, 1.82) is 0 Å². The standard InChI is InChI=1S/C29H24N6O3S/c1-18(33-28-25(31-3)17-32-19(2)34-28)26-16-21-8-7-11-24(20-12-14-23(15-13-20)39(30,37)38)27(21)29(36)35(26)22-9-5-4-6-10-22/h4-18H,1-2H3,(H2,30,37,38)(H,32,33,34)/t18-/m0/s1. The van der Waals surface area contributed by atoms with Gasteiger partial charge >= 0.3 is 0 Å². The first-order valence-electron chi connectivity index (χ1n) is 12.0. The first-order chi connectivity index (χ1) is 18.7. The molecule has 0 saturated heterocycles. The minimum absolute atomic E-state index is 0.00545. The summed E-state index contributed by atoms with van der Waals surface area (Å²) in [6.45, 7) is 11.1. The van der Waals surface area contributed by atoms with Crippen LogP contribution in [0.1, 0.15) is 24.5 Å². The summed E-state index contributed by atoms with van der Waals surface area (Å²) in [5, 5.41) is 9.76. The highest BCUT2D eigenvalue weighted by atomic mass is 32.2. The molecule has 0 aliphatic carbocycles. The first kappa shape index (κ1) is 25.8. The van der Waals surface area contributed by atoms with Crippen molar-refractivity contribution in [2.75, 3.05) is 5.32 Å². The van der Waals surface area contributed by atoms with Crippen molar-refractivity contribution in [3.05, 3.63) is 118 Å². The van der Waals surface area contributed by atoms with Crippen LogP contribution in [-0.4, -0.2) is 23.0 Å². The number of aryl methyl sites for hydroxylation is 1. The summed E-state index contributed by atoms with van der Waals surface area (Å²) < 4.78 is 25.1. The van der Waals surface area contributed by atoms with Gasteiger partial charge < -0.3 is 5.32 Å². The molecule has 0 spiro atoms. The molecule has 3 N–H and O–H groups in total. The molecule has 3 aromatic carbocycles. The van der Waals surface area contributed by atoms with Gasteiger partial charge in [-0.05, 0) is 60.7 Å². The third-order valence-electron chi connectivity index (χ3n) is 6.39. The highest BCUT2D eigenvalue weighted by molar-refractivity contribution is 7.89. The van der Waals surface area contributed by atoms with Crippen LogP contribution in [0.3, 0.4) is 0 Å². The second-order valence-corrected chi connectivity index (χ2v) is 10.6. The number of benzene rings is 3. The molecule has 194 valence electrons. The van der Waals surface area contributed by atoms with Crippen molar-refractivity contribution in [2.45, 2.75) is 24.8 Å². The fourth-order valence-corrected chi connectivity index (χ4v) is 5.05. The van der Waals surface area contributed by atoms with E-state index in [2.05, 4.69) is 20.1 Å². The average Bonchev–Trinajstić information content (AvgIpc) is 2.93. The summed E-state index contributed by atoms with van der Waals surface area (Å²) in [6, 6.07) is 22.5. The Hall–Kier alpha value is -4.85. The maximum absolute atomic E-state index is 14.2. The van der Waals surface area contributed by atoms with Gasteiger partial charge in [-0.25, -0.2) is 23.4 Å². The van der Waals surface area contributed by atoms with Crippen LogP contribution in [-0.2, 0) is 10.0 Å². The van der Waals surface area contributed by atoms with Crippen LogP contribution in [0.5, 0.6) is 0 Å². The van der Waals surface area contributed by atoms with E-state index in [-0.39, 0.29) is 16.1 Å². The van der Waals surface area contributed by atoms with E-state index in [1.54, 1.807) is 23.6 Å². The Morgan fingerprint density at radius 2 is 1.74 bits per heavy atom. The van der Waals surface area contributed by atoms with Crippen molar-refractivity contribution in [2.24, 2.45) is 5.14 Å². The number of rotatable bonds is 6. The number of sulfonamides is 1. The lowest BCUT2D eigenvalue weighted by molar-refractivity contribution is 0.598. The van der Waals surface area contributed by atoms with Gasteiger partial charge in [0.05, 0.1) is 22.9 Å². The van der Waals surface area contributed by atoms with E-state index in [0.717, 1.165) is 0 Å². The molecule has 1 atom stereocenters. The molecular formula is C29H24N6O3S. The van der Waals surface area contributed by atoms with Crippen LogP contribution in [0.15, 0.2) is 94.7 Å². The van der Waals surface area contributed by atoms with Crippen molar-refractivity contribution in [1.82, 2.24) is 14.5 Å². The molecule has 5 aromatic rings. The Balaban J connectivity index is 1.72. The van der Waals surface area contributed by atoms with E-state index in [1.807, 2.05) is 61.5 Å². The Morgan fingerprint density at radius 3 is 2.41 bits per heavy atom. The number of aromatic nitrogens is 3. The molecule has 9 nitrogen and oxygen atoms in total. The predicted molar refractivity (Wildman–Crippen MR) is 151 cm³/mol. The van der Waals surface area contributed by atoms with Gasteiger partial charge in [0.1, 0.15) is 11.6 Å². The van der Waals surface area contributed by atoms with Gasteiger partial charge in [-0.3, -0.25) is 14.3 Å². The Bertz CT molecular complexity index is 1910. The number of nitrogens with two attached hydrogens (primary N) is 1. The maximum atomic E-state index is 14.2. The van der Waals surface area contributed by atoms with Gasteiger partial charge in [0.15, 0.2) is 0 Å². The normalized spacial score (nSPS) is 12.2. The van der Waals surface area contributed by atoms with Crippen molar-refractivity contribution in [3.63, 3.8) is 0 Å². The minimum atomic E-state index is -3.84. The molecule has 0 aliphatic heterocycles. The summed E-state index contributed by atoms with van der Waals surface area (Å²) in [5.41, 5.74) is 2.74. The number of nitrogens with one attached hydrogen (secondary N) is 1. The molecule has 0 amide bonds. The molecule has 0 saturated carbocycles. The minimum Gasteiger partial charge on any atom is -0.371 e. The molecule has 5 rings (SSSR count). The topological polar surface area (TPSA) is 124 Å². The van der Waals surface area contributed by atoms with E-state index in [0.29, 0.717) is 44.9 Å². The van der Waals surface area contributed by atoms with Crippen LogP contribution in [0.25, 0.3) is 32.4 Å². The number of hydrogen-bond acceptors (Lipinski definition) is 6. The summed E-state index contributed by atoms with van der Waals surface area (Å²) in [4.78, 5) is 26.3. The second kappa shape index (κ2) is 10.1. The van der Waals surface area contributed by atoms with Gasteiger partial charge in [-0.15, -0.1) is 0 Å². The molecule has 0 fully saturated rings. The highest BCUT2D eigenvalue weighted by Gasteiger charge is 2.20. The number of pyridine rings is 1. The van der Waals surface area contributed by atoms with Crippen LogP contribution >= 0.6 is 0 Å². The van der Waals surface area contributed by atoms with Crippen LogP contribution in [0.2, 0.25) is 0 Å². The third-order valence-corrected chi connectivity index (χ3v) is 7.32. The molecule has 0 radical (unpaired) electrons. The lowest BCUT2D eigenvalue weighted by atomic mass is 9.98. The number of hydrogen-bond donors (Lipinski definition) is 2. The Labute approximate surface area is 225 Å². The Kier molecular flexibility index (Phi) is 6.70. The zero-order chi connectivity index (χ0) is 27.7. The lowest BCUT2D eigenvalue weighted by Crippen LogP contribution is -2.26. The molecule has 10 heteroatoms. The van der Waals surface area contributed by atoms with Crippen LogP contribution in [0.4, 0.5) is 11.5 Å². The second-order valence-electron chi connectivity index (χ2n) is 9.01. The number of anilines is 1. The molecule has 39 heavy (non-hydrogen) atoms. The zero-order valence-corrected chi connectivity index (χ0v) is 22.0. The Morgan fingerprint density at radius 1 is 1.03 bits per heavy atom. The summed E-state index contributed by atoms with van der Waals surface area (Å²) in [5.74, 6) is 0.912. The molecule has 2 heterocycles. The van der Waals surface area contributed by atoms with Gasteiger partial charge in [0.2, 0.25) is 15.7 Å².